The highest BCUT2D eigenvalue weighted by Crippen LogP contribution is 2.66. The minimum atomic E-state index is -0.176. The van der Waals surface area contributed by atoms with Crippen LogP contribution < -0.4 is 0 Å². The largest absolute Gasteiger partial charge is 0.458 e. The quantitative estimate of drug-likeness (QED) is 0.358. The van der Waals surface area contributed by atoms with E-state index in [9.17, 15) is 4.79 Å². The maximum atomic E-state index is 12.7. The van der Waals surface area contributed by atoms with E-state index in [4.69, 9.17) is 4.74 Å². The molecule has 7 atom stereocenters. The van der Waals surface area contributed by atoms with Crippen LogP contribution in [0.1, 0.15) is 109 Å². The second-order valence-corrected chi connectivity index (χ2v) is 13.5. The van der Waals surface area contributed by atoms with Gasteiger partial charge in [0, 0.05) is 6.42 Å². The van der Waals surface area contributed by atoms with Gasteiger partial charge in [0.1, 0.15) is 6.10 Å². The van der Waals surface area contributed by atoms with E-state index < -0.39 is 0 Å². The first-order valence-corrected chi connectivity index (χ1v) is 14.9. The molecule has 2 nitrogen and oxygen atoms in total. The van der Waals surface area contributed by atoms with E-state index in [0.29, 0.717) is 16.9 Å². The van der Waals surface area contributed by atoms with Crippen molar-refractivity contribution in [3.05, 3.63) is 59.2 Å². The fourth-order valence-corrected chi connectivity index (χ4v) is 8.89. The third kappa shape index (κ3) is 4.63. The fourth-order valence-electron chi connectivity index (χ4n) is 8.89. The highest BCUT2D eigenvalue weighted by molar-refractivity contribution is 5.89. The molecule has 2 heteroatoms. The average molecular weight is 489 g/mol. The van der Waals surface area contributed by atoms with Crippen molar-refractivity contribution in [1.29, 1.82) is 0 Å². The van der Waals surface area contributed by atoms with E-state index in [1.54, 1.807) is 5.57 Å². The average Bonchev–Trinajstić information content (AvgIpc) is 3.22. The van der Waals surface area contributed by atoms with Gasteiger partial charge in [-0.2, -0.15) is 0 Å². The monoisotopic (exact) mass is 488 g/mol. The van der Waals surface area contributed by atoms with E-state index in [-0.39, 0.29) is 17.5 Å². The van der Waals surface area contributed by atoms with E-state index in [0.717, 1.165) is 42.9 Å². The zero-order valence-electron chi connectivity index (χ0n) is 23.4. The van der Waals surface area contributed by atoms with Crippen LogP contribution in [0, 0.1) is 40.4 Å². The summed E-state index contributed by atoms with van der Waals surface area (Å²) in [5.74, 6) is 3.81. The van der Waals surface area contributed by atoms with Crippen LogP contribution in [0.25, 0.3) is 0 Å². The summed E-state index contributed by atoms with van der Waals surface area (Å²) in [6.07, 6.45) is 17.7. The van der Waals surface area contributed by atoms with Crippen LogP contribution in [0.15, 0.2) is 53.6 Å². The molecule has 1 aromatic carbocycles. The fraction of sp³-hybridized carbons (Fsp3) is 0.676. The molecule has 4 aliphatic rings. The Morgan fingerprint density at radius 3 is 2.47 bits per heavy atom. The number of esters is 1. The van der Waals surface area contributed by atoms with Crippen molar-refractivity contribution in [2.45, 2.75) is 105 Å². The van der Waals surface area contributed by atoms with Gasteiger partial charge >= 0.3 is 5.97 Å². The maximum Gasteiger partial charge on any atom is 0.338 e. The number of carbonyl (C=O) groups excluding carboxylic acids is 1. The van der Waals surface area contributed by atoms with Crippen molar-refractivity contribution in [1.82, 2.24) is 0 Å². The smallest absolute Gasteiger partial charge is 0.338 e. The third-order valence-corrected chi connectivity index (χ3v) is 11.0. The van der Waals surface area contributed by atoms with Crippen LogP contribution in [0.3, 0.4) is 0 Å². The molecule has 3 saturated carbocycles. The predicted octanol–water partition coefficient (Wildman–Crippen LogP) is 9.17. The Balaban J connectivity index is 1.29. The molecule has 0 unspecified atom stereocenters. The zero-order chi connectivity index (χ0) is 25.5. The number of ether oxygens (including phenoxy) is 1. The molecule has 0 aliphatic heterocycles. The van der Waals surface area contributed by atoms with E-state index in [2.05, 4.69) is 46.8 Å². The zero-order valence-corrected chi connectivity index (χ0v) is 23.4. The summed E-state index contributed by atoms with van der Waals surface area (Å²) in [5, 5.41) is 0. The second kappa shape index (κ2) is 10.1. The number of hydrogen-bond donors (Lipinski definition) is 0. The molecule has 4 aliphatic carbocycles. The first-order chi connectivity index (χ1) is 17.2. The van der Waals surface area contributed by atoms with Crippen LogP contribution in [-0.4, -0.2) is 12.1 Å². The lowest BCUT2D eigenvalue weighted by Gasteiger charge is -2.55. The summed E-state index contributed by atoms with van der Waals surface area (Å²) in [6, 6.07) is 9.45. The van der Waals surface area contributed by atoms with Crippen LogP contribution in [0.2, 0.25) is 0 Å². The van der Waals surface area contributed by atoms with Gasteiger partial charge in [0.2, 0.25) is 0 Å². The van der Waals surface area contributed by atoms with Crippen LogP contribution >= 0.6 is 0 Å². The third-order valence-electron chi connectivity index (χ3n) is 11.0. The molecule has 5 rings (SSSR count). The summed E-state index contributed by atoms with van der Waals surface area (Å²) >= 11 is 0. The van der Waals surface area contributed by atoms with Gasteiger partial charge in [-0.25, -0.2) is 4.79 Å². The molecule has 0 bridgehead atoms. The molecule has 0 N–H and O–H groups in total. The predicted molar refractivity (Wildman–Crippen MR) is 149 cm³/mol. The van der Waals surface area contributed by atoms with Gasteiger partial charge in [0.15, 0.2) is 0 Å². The first-order valence-electron chi connectivity index (χ1n) is 14.9. The Morgan fingerprint density at radius 1 is 0.944 bits per heavy atom. The number of fused-ring (bicyclic) bond motifs is 5. The summed E-state index contributed by atoms with van der Waals surface area (Å²) < 4.78 is 5.98. The summed E-state index contributed by atoms with van der Waals surface area (Å²) in [5.41, 5.74) is 4.66. The Morgan fingerprint density at radius 2 is 1.72 bits per heavy atom. The number of rotatable bonds is 7. The molecule has 3 fully saturated rings. The van der Waals surface area contributed by atoms with Crippen molar-refractivity contribution in [3.8, 4) is 0 Å². The minimum absolute atomic E-state index is 0.00314. The highest BCUT2D eigenvalue weighted by atomic mass is 16.5. The van der Waals surface area contributed by atoms with Gasteiger partial charge in [0.25, 0.3) is 0 Å². The lowest BCUT2D eigenvalue weighted by atomic mass is 9.50. The first kappa shape index (κ1) is 25.8. The summed E-state index contributed by atoms with van der Waals surface area (Å²) in [7, 11) is 0. The molecule has 0 saturated heterocycles. The van der Waals surface area contributed by atoms with E-state index in [1.807, 2.05) is 30.3 Å². The number of hydrogen-bond acceptors (Lipinski definition) is 2. The lowest BCUT2D eigenvalue weighted by Crippen LogP contribution is -2.46. The second-order valence-electron chi connectivity index (χ2n) is 13.5. The normalized spacial score (nSPS) is 36.3. The summed E-state index contributed by atoms with van der Waals surface area (Å²) in [6.45, 7) is 12.4. The standard InChI is InChI=1S/C34H48O2/c1-23(2)10-9-11-24(3)29-16-17-30-28-15-14-26-22-27(36-32(35)25-12-7-6-8-13-25)18-20-33(26,4)31(28)19-21-34(29,30)5/h6-8,12-15,23-24,27,29-31H,9-11,16-22H2,1-5H3/t24-,27-,29-,30+,31+,33+,34-/m1/s1. The Labute approximate surface area is 220 Å². The highest BCUT2D eigenvalue weighted by Gasteiger charge is 2.57. The SMILES string of the molecule is CC(C)CCC[C@@H](C)[C@H]1CC[C@H]2C3=CC=C4C[C@H](OC(=O)c5ccccc5)CC[C@]4(C)[C@H]3CC[C@]12C. The Hall–Kier alpha value is -1.83. The van der Waals surface area contributed by atoms with Gasteiger partial charge in [-0.3, -0.25) is 0 Å². The van der Waals surface area contributed by atoms with Crippen molar-refractivity contribution in [3.63, 3.8) is 0 Å². The Kier molecular flexibility index (Phi) is 7.27. The number of carbonyl (C=O) groups is 1. The van der Waals surface area contributed by atoms with Gasteiger partial charge < -0.3 is 4.74 Å². The molecule has 0 aromatic heterocycles. The van der Waals surface area contributed by atoms with Crippen LogP contribution in [0.5, 0.6) is 0 Å². The maximum absolute atomic E-state index is 12.7. The van der Waals surface area contributed by atoms with Crippen molar-refractivity contribution >= 4 is 5.97 Å². The van der Waals surface area contributed by atoms with Gasteiger partial charge in [-0.05, 0) is 91.1 Å². The Bertz CT molecular complexity index is 1000. The van der Waals surface area contributed by atoms with Gasteiger partial charge in [-0.15, -0.1) is 0 Å². The van der Waals surface area contributed by atoms with Crippen LogP contribution in [-0.2, 0) is 4.74 Å². The molecule has 0 heterocycles. The summed E-state index contributed by atoms with van der Waals surface area (Å²) in [4.78, 5) is 12.7. The van der Waals surface area contributed by atoms with E-state index in [1.165, 1.54) is 50.5 Å². The number of allylic oxidation sites excluding steroid dienone is 3. The van der Waals surface area contributed by atoms with Crippen molar-refractivity contribution in [2.75, 3.05) is 0 Å². The van der Waals surface area contributed by atoms with Gasteiger partial charge in [-0.1, -0.05) is 95.4 Å². The lowest BCUT2D eigenvalue weighted by molar-refractivity contribution is 0.00572. The van der Waals surface area contributed by atoms with E-state index >= 15 is 0 Å². The molecular weight excluding hydrogens is 440 g/mol. The van der Waals surface area contributed by atoms with Crippen LogP contribution in [0.4, 0.5) is 0 Å². The molecule has 0 spiro atoms. The molecule has 36 heavy (non-hydrogen) atoms. The molecule has 0 radical (unpaired) electrons. The molecular formula is C34H48O2. The molecule has 0 amide bonds. The van der Waals surface area contributed by atoms with Gasteiger partial charge in [0.05, 0.1) is 5.56 Å². The molecule has 196 valence electrons. The van der Waals surface area contributed by atoms with Crippen molar-refractivity contribution < 1.29 is 9.53 Å². The van der Waals surface area contributed by atoms with Crippen molar-refractivity contribution in [2.24, 2.45) is 40.4 Å². The minimum Gasteiger partial charge on any atom is -0.458 e. The molecule has 1 aromatic rings. The number of benzene rings is 1. The topological polar surface area (TPSA) is 26.3 Å².